The van der Waals surface area contributed by atoms with Crippen LogP contribution in [0, 0.1) is 6.92 Å². The number of H-pyrrole nitrogens is 1. The number of amides is 1. The molecule has 5 heteroatoms. The summed E-state index contributed by atoms with van der Waals surface area (Å²) in [4.78, 5) is 16.7. The molecule has 0 bridgehead atoms. The predicted octanol–water partition coefficient (Wildman–Crippen LogP) is 4.16. The van der Waals surface area contributed by atoms with E-state index in [1.54, 1.807) is 11.3 Å². The van der Waals surface area contributed by atoms with Gasteiger partial charge in [0, 0.05) is 25.9 Å². The lowest BCUT2D eigenvalue weighted by atomic mass is 10.1. The fourth-order valence-corrected chi connectivity index (χ4v) is 3.41. The van der Waals surface area contributed by atoms with Gasteiger partial charge in [0.05, 0.1) is 13.0 Å². The highest BCUT2D eigenvalue weighted by Crippen LogP contribution is 2.26. The fourth-order valence-electron chi connectivity index (χ4n) is 2.40. The molecule has 0 radical (unpaired) electrons. The van der Waals surface area contributed by atoms with Gasteiger partial charge in [-0.25, -0.2) is 0 Å². The summed E-state index contributed by atoms with van der Waals surface area (Å²) in [5, 5.41) is 6.10. The number of aromatic nitrogens is 1. The van der Waals surface area contributed by atoms with E-state index in [2.05, 4.69) is 32.3 Å². The van der Waals surface area contributed by atoms with Crippen LogP contribution in [-0.4, -0.2) is 10.9 Å². The lowest BCUT2D eigenvalue weighted by Gasteiger charge is -2.04. The number of carbonyl (C=O) groups is 1. The third-order valence-electron chi connectivity index (χ3n) is 3.46. The van der Waals surface area contributed by atoms with Crippen molar-refractivity contribution in [1.29, 1.82) is 0 Å². The van der Waals surface area contributed by atoms with E-state index >= 15 is 0 Å². The molecule has 1 amide bonds. The topological polar surface area (TPSA) is 44.9 Å². The van der Waals surface area contributed by atoms with Crippen molar-refractivity contribution in [3.05, 3.63) is 56.3 Å². The Bertz CT molecular complexity index is 777. The van der Waals surface area contributed by atoms with E-state index in [1.165, 1.54) is 4.88 Å². The molecule has 3 aromatic rings. The standard InChI is InChI=1S/C16H15BrN2OS/c1-10-13(14-7-11(17)4-5-15(14)19-10)8-16(20)18-9-12-3-2-6-21-12/h2-7,19H,8-9H2,1H3,(H,18,20). The lowest BCUT2D eigenvalue weighted by Crippen LogP contribution is -2.24. The van der Waals surface area contributed by atoms with Gasteiger partial charge in [-0.2, -0.15) is 0 Å². The second-order valence-corrected chi connectivity index (χ2v) is 6.90. The van der Waals surface area contributed by atoms with Crippen LogP contribution in [0.2, 0.25) is 0 Å². The SMILES string of the molecule is Cc1[nH]c2ccc(Br)cc2c1CC(=O)NCc1cccs1. The Hall–Kier alpha value is -1.59. The van der Waals surface area contributed by atoms with Gasteiger partial charge in [-0.15, -0.1) is 11.3 Å². The molecule has 3 rings (SSSR count). The average Bonchev–Trinajstić information content (AvgIpc) is 3.06. The maximum absolute atomic E-state index is 12.2. The first-order chi connectivity index (χ1) is 10.1. The smallest absolute Gasteiger partial charge is 0.224 e. The number of halogens is 1. The number of hydrogen-bond donors (Lipinski definition) is 2. The first kappa shape index (κ1) is 14.4. The molecule has 0 aliphatic rings. The largest absolute Gasteiger partial charge is 0.358 e. The van der Waals surface area contributed by atoms with E-state index in [-0.39, 0.29) is 5.91 Å². The summed E-state index contributed by atoms with van der Waals surface area (Å²) in [5.74, 6) is 0.0485. The van der Waals surface area contributed by atoms with Gasteiger partial charge in [-0.05, 0) is 42.1 Å². The lowest BCUT2D eigenvalue weighted by molar-refractivity contribution is -0.120. The summed E-state index contributed by atoms with van der Waals surface area (Å²) in [7, 11) is 0. The van der Waals surface area contributed by atoms with Crippen molar-refractivity contribution in [3.8, 4) is 0 Å². The monoisotopic (exact) mass is 362 g/mol. The Balaban J connectivity index is 1.76. The van der Waals surface area contributed by atoms with E-state index in [0.717, 1.165) is 26.6 Å². The summed E-state index contributed by atoms with van der Waals surface area (Å²) in [6.07, 6.45) is 0.396. The summed E-state index contributed by atoms with van der Waals surface area (Å²) in [6, 6.07) is 10.1. The van der Waals surface area contributed by atoms with Crippen LogP contribution in [0.15, 0.2) is 40.2 Å². The molecule has 108 valence electrons. The van der Waals surface area contributed by atoms with Gasteiger partial charge in [0.25, 0.3) is 0 Å². The van der Waals surface area contributed by atoms with Crippen molar-refractivity contribution in [2.24, 2.45) is 0 Å². The molecule has 3 nitrogen and oxygen atoms in total. The molecule has 0 atom stereocenters. The minimum Gasteiger partial charge on any atom is -0.358 e. The quantitative estimate of drug-likeness (QED) is 0.718. The second kappa shape index (κ2) is 6.03. The number of nitrogens with one attached hydrogen (secondary N) is 2. The van der Waals surface area contributed by atoms with Crippen LogP contribution in [0.5, 0.6) is 0 Å². The average molecular weight is 363 g/mol. The number of thiophene rings is 1. The number of fused-ring (bicyclic) bond motifs is 1. The highest BCUT2D eigenvalue weighted by Gasteiger charge is 2.12. The van der Waals surface area contributed by atoms with Crippen LogP contribution in [-0.2, 0) is 17.8 Å². The zero-order chi connectivity index (χ0) is 14.8. The van der Waals surface area contributed by atoms with E-state index in [4.69, 9.17) is 0 Å². The van der Waals surface area contributed by atoms with E-state index in [0.29, 0.717) is 13.0 Å². The maximum Gasteiger partial charge on any atom is 0.224 e. The summed E-state index contributed by atoms with van der Waals surface area (Å²) in [6.45, 7) is 2.61. The number of rotatable bonds is 4. The molecular weight excluding hydrogens is 348 g/mol. The maximum atomic E-state index is 12.2. The number of aryl methyl sites for hydroxylation is 1. The first-order valence-corrected chi connectivity index (χ1v) is 8.36. The Morgan fingerprint density at radius 2 is 2.24 bits per heavy atom. The number of carbonyl (C=O) groups excluding carboxylic acids is 1. The molecule has 2 aromatic heterocycles. The molecule has 0 saturated heterocycles. The van der Waals surface area contributed by atoms with Crippen LogP contribution < -0.4 is 5.32 Å². The van der Waals surface area contributed by atoms with Crippen molar-refractivity contribution in [2.45, 2.75) is 19.9 Å². The van der Waals surface area contributed by atoms with Crippen LogP contribution in [0.4, 0.5) is 0 Å². The van der Waals surface area contributed by atoms with Crippen molar-refractivity contribution in [2.75, 3.05) is 0 Å². The molecule has 0 saturated carbocycles. The minimum atomic E-state index is 0.0485. The number of benzene rings is 1. The molecule has 2 N–H and O–H groups in total. The normalized spacial score (nSPS) is 11.0. The molecule has 21 heavy (non-hydrogen) atoms. The van der Waals surface area contributed by atoms with Gasteiger partial charge in [-0.1, -0.05) is 22.0 Å². The van der Waals surface area contributed by atoms with Gasteiger partial charge in [0.2, 0.25) is 5.91 Å². The van der Waals surface area contributed by atoms with Crippen molar-refractivity contribution < 1.29 is 4.79 Å². The Morgan fingerprint density at radius 3 is 3.00 bits per heavy atom. The Labute approximate surface area is 135 Å². The molecule has 0 fully saturated rings. The second-order valence-electron chi connectivity index (χ2n) is 4.95. The van der Waals surface area contributed by atoms with Crippen LogP contribution >= 0.6 is 27.3 Å². The molecule has 0 aliphatic carbocycles. The summed E-state index contributed by atoms with van der Waals surface area (Å²) < 4.78 is 1.02. The van der Waals surface area contributed by atoms with Gasteiger partial charge in [0.15, 0.2) is 0 Å². The van der Waals surface area contributed by atoms with Gasteiger partial charge in [-0.3, -0.25) is 4.79 Å². The molecule has 1 aromatic carbocycles. The Morgan fingerprint density at radius 1 is 1.38 bits per heavy atom. The van der Waals surface area contributed by atoms with Crippen LogP contribution in [0.25, 0.3) is 10.9 Å². The van der Waals surface area contributed by atoms with E-state index < -0.39 is 0 Å². The van der Waals surface area contributed by atoms with Crippen molar-refractivity contribution in [1.82, 2.24) is 10.3 Å². The van der Waals surface area contributed by atoms with Crippen LogP contribution in [0.1, 0.15) is 16.1 Å². The summed E-state index contributed by atoms with van der Waals surface area (Å²) in [5.41, 5.74) is 3.18. The van der Waals surface area contributed by atoms with Crippen molar-refractivity contribution in [3.63, 3.8) is 0 Å². The predicted molar refractivity (Wildman–Crippen MR) is 90.6 cm³/mol. The first-order valence-electron chi connectivity index (χ1n) is 6.69. The van der Waals surface area contributed by atoms with E-state index in [9.17, 15) is 4.79 Å². The molecule has 0 spiro atoms. The molecule has 2 heterocycles. The van der Waals surface area contributed by atoms with E-state index in [1.807, 2.05) is 36.6 Å². The summed E-state index contributed by atoms with van der Waals surface area (Å²) >= 11 is 5.14. The Kier molecular flexibility index (Phi) is 4.12. The molecule has 0 aliphatic heterocycles. The third kappa shape index (κ3) is 3.19. The molecule has 0 unspecified atom stereocenters. The van der Waals surface area contributed by atoms with Gasteiger partial charge in [0.1, 0.15) is 0 Å². The van der Waals surface area contributed by atoms with Crippen LogP contribution in [0.3, 0.4) is 0 Å². The van der Waals surface area contributed by atoms with Crippen molar-refractivity contribution >= 4 is 44.1 Å². The molecular formula is C16H15BrN2OS. The number of hydrogen-bond acceptors (Lipinski definition) is 2. The highest BCUT2D eigenvalue weighted by atomic mass is 79.9. The zero-order valence-electron chi connectivity index (χ0n) is 11.6. The third-order valence-corrected chi connectivity index (χ3v) is 4.83. The highest BCUT2D eigenvalue weighted by molar-refractivity contribution is 9.10. The van der Waals surface area contributed by atoms with Gasteiger partial charge < -0.3 is 10.3 Å². The zero-order valence-corrected chi connectivity index (χ0v) is 14.0. The fraction of sp³-hybridized carbons (Fsp3) is 0.188. The minimum absolute atomic E-state index is 0.0485. The number of aromatic amines is 1. The van der Waals surface area contributed by atoms with Gasteiger partial charge >= 0.3 is 0 Å².